The molecule has 1 fully saturated rings. The number of aromatic nitrogens is 4. The average Bonchev–Trinajstić information content (AvgIpc) is 2.83. The van der Waals surface area contributed by atoms with Crippen molar-refractivity contribution in [2.75, 3.05) is 18.4 Å². The first-order valence-electron chi connectivity index (χ1n) is 11.1. The zero-order valence-electron chi connectivity index (χ0n) is 18.9. The summed E-state index contributed by atoms with van der Waals surface area (Å²) in [7, 11) is 0. The molecule has 1 amide bonds. The molecule has 0 aliphatic carbocycles. The monoisotopic (exact) mass is 470 g/mol. The predicted molar refractivity (Wildman–Crippen MR) is 121 cm³/mol. The number of benzene rings is 1. The van der Waals surface area contributed by atoms with Gasteiger partial charge in [0.05, 0.1) is 17.3 Å². The molecular weight excluding hydrogens is 445 g/mol. The maximum atomic E-state index is 13.8. The molecule has 2 aromatic heterocycles. The zero-order chi connectivity index (χ0) is 24.3. The fourth-order valence-electron chi connectivity index (χ4n) is 4.23. The highest BCUT2D eigenvalue weighted by atomic mass is 19.4. The number of carbonyl (C=O) groups excluding carboxylic acids is 1. The van der Waals surface area contributed by atoms with Gasteiger partial charge in [0.25, 0.3) is 5.91 Å². The van der Waals surface area contributed by atoms with Crippen LogP contribution in [0, 0.1) is 12.8 Å². The number of nitrogens with zero attached hydrogens (tertiary/aromatic N) is 5. The number of amides is 1. The van der Waals surface area contributed by atoms with E-state index in [1.165, 1.54) is 0 Å². The third-order valence-corrected chi connectivity index (χ3v) is 6.08. The first-order chi connectivity index (χ1) is 16.2. The van der Waals surface area contributed by atoms with Crippen molar-refractivity contribution in [3.05, 3.63) is 65.6 Å². The van der Waals surface area contributed by atoms with Gasteiger partial charge in [0.2, 0.25) is 5.95 Å². The van der Waals surface area contributed by atoms with Crippen LogP contribution < -0.4 is 5.32 Å². The van der Waals surface area contributed by atoms with Gasteiger partial charge in [-0.2, -0.15) is 23.4 Å². The fourth-order valence-corrected chi connectivity index (χ4v) is 4.23. The number of aryl methyl sites for hydroxylation is 1. The summed E-state index contributed by atoms with van der Waals surface area (Å²) in [5.74, 6) is 0.162. The maximum Gasteiger partial charge on any atom is 0.419 e. The van der Waals surface area contributed by atoms with Crippen molar-refractivity contribution < 1.29 is 18.0 Å². The van der Waals surface area contributed by atoms with Crippen LogP contribution >= 0.6 is 0 Å². The van der Waals surface area contributed by atoms with E-state index in [0.717, 1.165) is 30.8 Å². The molecular formula is C24H25F3N6O. The molecule has 1 aliphatic heterocycles. The number of rotatable bonds is 5. The van der Waals surface area contributed by atoms with E-state index in [4.69, 9.17) is 0 Å². The van der Waals surface area contributed by atoms with Crippen LogP contribution in [-0.2, 0) is 6.18 Å². The van der Waals surface area contributed by atoms with Crippen molar-refractivity contribution in [1.29, 1.82) is 0 Å². The Morgan fingerprint density at radius 3 is 2.65 bits per heavy atom. The lowest BCUT2D eigenvalue weighted by molar-refractivity contribution is -0.138. The molecule has 0 bridgehead atoms. The minimum atomic E-state index is -4.49. The molecule has 2 atom stereocenters. The summed E-state index contributed by atoms with van der Waals surface area (Å²) in [4.78, 5) is 23.2. The minimum absolute atomic E-state index is 0.0916. The molecule has 0 radical (unpaired) electrons. The average molecular weight is 470 g/mol. The maximum absolute atomic E-state index is 13.8. The van der Waals surface area contributed by atoms with Crippen molar-refractivity contribution in [2.45, 2.75) is 38.9 Å². The lowest BCUT2D eigenvalue weighted by Gasteiger charge is -2.40. The van der Waals surface area contributed by atoms with E-state index in [1.54, 1.807) is 12.3 Å². The highest BCUT2D eigenvalue weighted by Crippen LogP contribution is 2.30. The topological polar surface area (TPSA) is 83.9 Å². The van der Waals surface area contributed by atoms with Crippen LogP contribution in [-0.4, -0.2) is 50.1 Å². The summed E-state index contributed by atoms with van der Waals surface area (Å²) < 4.78 is 38.3. The van der Waals surface area contributed by atoms with Crippen LogP contribution in [0.1, 0.15) is 41.3 Å². The Labute approximate surface area is 195 Å². The quantitative estimate of drug-likeness (QED) is 0.586. The zero-order valence-corrected chi connectivity index (χ0v) is 18.9. The van der Waals surface area contributed by atoms with Gasteiger partial charge in [0.1, 0.15) is 0 Å². The van der Waals surface area contributed by atoms with Gasteiger partial charge >= 0.3 is 6.18 Å². The van der Waals surface area contributed by atoms with Gasteiger partial charge in [0.15, 0.2) is 0 Å². The Kier molecular flexibility index (Phi) is 6.76. The van der Waals surface area contributed by atoms with Crippen molar-refractivity contribution >= 4 is 11.9 Å². The van der Waals surface area contributed by atoms with E-state index in [1.807, 2.05) is 36.1 Å². The first kappa shape index (κ1) is 23.6. The molecule has 0 saturated carbocycles. The van der Waals surface area contributed by atoms with Crippen molar-refractivity contribution in [3.63, 3.8) is 0 Å². The molecule has 4 rings (SSSR count). The summed E-state index contributed by atoms with van der Waals surface area (Å²) >= 11 is 0. The summed E-state index contributed by atoms with van der Waals surface area (Å²) in [5.41, 5.74) is 1.92. The molecule has 3 aromatic rings. The lowest BCUT2D eigenvalue weighted by atomic mass is 9.89. The molecule has 34 heavy (non-hydrogen) atoms. The summed E-state index contributed by atoms with van der Waals surface area (Å²) in [6, 6.07) is 9.08. The fraction of sp³-hybridized carbons (Fsp3) is 0.375. The van der Waals surface area contributed by atoms with Gasteiger partial charge in [-0.05, 0) is 43.9 Å². The minimum Gasteiger partial charge on any atom is -0.352 e. The Bertz CT molecular complexity index is 1140. The van der Waals surface area contributed by atoms with E-state index in [-0.39, 0.29) is 23.8 Å². The standard InChI is InChI=1S/C24H25F3N6O/c1-15-7-8-18(20-6-3-9-31-32-20)19(11-15)22(34)33-10-4-5-16(2)21(33)14-30-23-28-12-17(13-29-23)24(25,26)27/h3,6-9,11-13,16,21H,4-5,10,14H2,1-2H3,(H,28,29,30)/t16-,21?/m1/s1. The van der Waals surface area contributed by atoms with Gasteiger partial charge in [-0.1, -0.05) is 24.6 Å². The van der Waals surface area contributed by atoms with Crippen LogP contribution in [0.2, 0.25) is 0 Å². The van der Waals surface area contributed by atoms with Crippen molar-refractivity contribution in [2.24, 2.45) is 5.92 Å². The summed E-state index contributed by atoms with van der Waals surface area (Å²) in [5, 5.41) is 11.1. The molecule has 1 unspecified atom stereocenters. The number of carbonyl (C=O) groups is 1. The van der Waals surface area contributed by atoms with Gasteiger partial charge in [-0.25, -0.2) is 9.97 Å². The second-order valence-corrected chi connectivity index (χ2v) is 8.52. The van der Waals surface area contributed by atoms with Gasteiger partial charge in [-0.15, -0.1) is 0 Å². The van der Waals surface area contributed by atoms with Gasteiger partial charge in [0, 0.05) is 42.8 Å². The number of anilines is 1. The first-order valence-corrected chi connectivity index (χ1v) is 11.1. The summed E-state index contributed by atoms with van der Waals surface area (Å²) in [6.07, 6.45) is 0.400. The number of alkyl halides is 3. The predicted octanol–water partition coefficient (Wildman–Crippen LogP) is 4.61. The van der Waals surface area contributed by atoms with Crippen LogP contribution in [0.4, 0.5) is 19.1 Å². The normalized spacial score (nSPS) is 18.6. The van der Waals surface area contributed by atoms with Crippen molar-refractivity contribution in [1.82, 2.24) is 25.1 Å². The number of piperidine rings is 1. The molecule has 1 N–H and O–H groups in total. The molecule has 1 aliphatic rings. The van der Waals surface area contributed by atoms with Crippen LogP contribution in [0.3, 0.4) is 0 Å². The largest absolute Gasteiger partial charge is 0.419 e. The van der Waals surface area contributed by atoms with E-state index < -0.39 is 11.7 Å². The molecule has 178 valence electrons. The highest BCUT2D eigenvalue weighted by Gasteiger charge is 2.34. The Hall–Kier alpha value is -3.56. The number of hydrogen-bond acceptors (Lipinski definition) is 6. The van der Waals surface area contributed by atoms with Crippen molar-refractivity contribution in [3.8, 4) is 11.3 Å². The second-order valence-electron chi connectivity index (χ2n) is 8.52. The van der Waals surface area contributed by atoms with Gasteiger partial charge in [-0.3, -0.25) is 4.79 Å². The van der Waals surface area contributed by atoms with Gasteiger partial charge < -0.3 is 10.2 Å². The summed E-state index contributed by atoms with van der Waals surface area (Å²) in [6.45, 7) is 4.90. The molecule has 0 spiro atoms. The second kappa shape index (κ2) is 9.74. The van der Waals surface area contributed by atoms with E-state index in [2.05, 4.69) is 32.4 Å². The van der Waals surface area contributed by atoms with Crippen LogP contribution in [0.15, 0.2) is 48.9 Å². The number of hydrogen-bond donors (Lipinski definition) is 1. The lowest BCUT2D eigenvalue weighted by Crippen LogP contribution is -2.51. The third kappa shape index (κ3) is 5.16. The van der Waals surface area contributed by atoms with Crippen LogP contribution in [0.25, 0.3) is 11.3 Å². The molecule has 10 heteroatoms. The number of nitrogens with one attached hydrogen (secondary N) is 1. The molecule has 7 nitrogen and oxygen atoms in total. The Morgan fingerprint density at radius 2 is 1.97 bits per heavy atom. The highest BCUT2D eigenvalue weighted by molar-refractivity contribution is 6.01. The number of halogens is 3. The Morgan fingerprint density at radius 1 is 1.21 bits per heavy atom. The van der Waals surface area contributed by atoms with E-state index in [0.29, 0.717) is 29.9 Å². The smallest absolute Gasteiger partial charge is 0.352 e. The third-order valence-electron chi connectivity index (χ3n) is 6.08. The molecule has 1 aromatic carbocycles. The molecule has 1 saturated heterocycles. The van der Waals surface area contributed by atoms with E-state index in [9.17, 15) is 18.0 Å². The molecule has 3 heterocycles. The van der Waals surface area contributed by atoms with Crippen LogP contribution in [0.5, 0.6) is 0 Å². The SMILES string of the molecule is Cc1ccc(-c2cccnn2)c(C(=O)N2CCC[C@@H](C)C2CNc2ncc(C(F)(F)F)cn2)c1. The Balaban J connectivity index is 1.57. The van der Waals surface area contributed by atoms with E-state index >= 15 is 0 Å². The number of likely N-dealkylation sites (tertiary alicyclic amines) is 1.